The third-order valence-corrected chi connectivity index (χ3v) is 4.15. The Morgan fingerprint density at radius 1 is 1.47 bits per heavy atom. The lowest BCUT2D eigenvalue weighted by Crippen LogP contribution is -2.56. The van der Waals surface area contributed by atoms with E-state index in [-0.39, 0.29) is 0 Å². The third kappa shape index (κ3) is 3.68. The van der Waals surface area contributed by atoms with Gasteiger partial charge in [0.05, 0.1) is 0 Å². The number of nitrogens with one attached hydrogen (secondary N) is 1. The third-order valence-electron chi connectivity index (χ3n) is 4.15. The van der Waals surface area contributed by atoms with Crippen LogP contribution >= 0.6 is 0 Å². The fourth-order valence-corrected chi connectivity index (χ4v) is 2.25. The normalized spacial score (nSPS) is 31.5. The molecule has 0 aromatic rings. The number of nitrogens with zero attached hydrogens (tertiary/aromatic N) is 1. The largest absolute Gasteiger partial charge is 0.480 e. The van der Waals surface area contributed by atoms with Gasteiger partial charge in [-0.15, -0.1) is 0 Å². The van der Waals surface area contributed by atoms with Crippen LogP contribution in [0.3, 0.4) is 0 Å². The molecule has 1 rings (SSSR count). The van der Waals surface area contributed by atoms with Gasteiger partial charge >= 0.3 is 5.97 Å². The van der Waals surface area contributed by atoms with E-state index in [4.69, 9.17) is 0 Å². The lowest BCUT2D eigenvalue weighted by molar-refractivity contribution is -0.146. The SMILES string of the molecule is CC1CCC(NCC(C)N(C)C)(C(=O)O)CC1. The van der Waals surface area contributed by atoms with E-state index in [9.17, 15) is 9.90 Å². The summed E-state index contributed by atoms with van der Waals surface area (Å²) in [7, 11) is 4.03. The molecule has 1 saturated carbocycles. The molecule has 0 aliphatic heterocycles. The van der Waals surface area contributed by atoms with Gasteiger partial charge in [0, 0.05) is 12.6 Å². The van der Waals surface area contributed by atoms with Crippen LogP contribution in [0.15, 0.2) is 0 Å². The Morgan fingerprint density at radius 2 is 2.00 bits per heavy atom. The highest BCUT2D eigenvalue weighted by Crippen LogP contribution is 2.32. The maximum absolute atomic E-state index is 11.5. The minimum Gasteiger partial charge on any atom is -0.480 e. The molecule has 0 radical (unpaired) electrons. The number of carboxylic acid groups (broad SMARTS) is 1. The Hall–Kier alpha value is -0.610. The highest BCUT2D eigenvalue weighted by Gasteiger charge is 2.40. The second-order valence-electron chi connectivity index (χ2n) is 5.76. The molecule has 0 aromatic heterocycles. The minimum absolute atomic E-state index is 0.352. The van der Waals surface area contributed by atoms with Gasteiger partial charge in [-0.25, -0.2) is 0 Å². The van der Waals surface area contributed by atoms with Gasteiger partial charge in [-0.1, -0.05) is 6.92 Å². The summed E-state index contributed by atoms with van der Waals surface area (Å²) in [5.74, 6) is -0.0223. The van der Waals surface area contributed by atoms with Crippen LogP contribution in [-0.2, 0) is 4.79 Å². The Balaban J connectivity index is 2.58. The van der Waals surface area contributed by atoms with Gasteiger partial charge < -0.3 is 15.3 Å². The molecule has 0 saturated heterocycles. The van der Waals surface area contributed by atoms with Crippen LogP contribution in [0.25, 0.3) is 0 Å². The van der Waals surface area contributed by atoms with E-state index in [1.54, 1.807) is 0 Å². The van der Waals surface area contributed by atoms with Crippen molar-refractivity contribution < 1.29 is 9.90 Å². The molecule has 1 atom stereocenters. The summed E-state index contributed by atoms with van der Waals surface area (Å²) in [5, 5.41) is 12.7. The smallest absolute Gasteiger partial charge is 0.323 e. The zero-order valence-electron chi connectivity index (χ0n) is 11.5. The van der Waals surface area contributed by atoms with Crippen LogP contribution < -0.4 is 5.32 Å². The highest BCUT2D eigenvalue weighted by atomic mass is 16.4. The average molecular weight is 242 g/mol. The van der Waals surface area contributed by atoms with E-state index in [1.807, 2.05) is 14.1 Å². The predicted octanol–water partition coefficient (Wildman–Crippen LogP) is 1.56. The van der Waals surface area contributed by atoms with E-state index in [2.05, 4.69) is 24.1 Å². The molecule has 1 unspecified atom stereocenters. The molecule has 0 spiro atoms. The zero-order chi connectivity index (χ0) is 13.1. The van der Waals surface area contributed by atoms with Crippen LogP contribution in [0, 0.1) is 5.92 Å². The second-order valence-corrected chi connectivity index (χ2v) is 5.76. The first-order valence-corrected chi connectivity index (χ1v) is 6.52. The number of likely N-dealkylation sites (N-methyl/N-ethyl adjacent to an activating group) is 1. The molecule has 1 fully saturated rings. The van der Waals surface area contributed by atoms with Gasteiger partial charge in [0.2, 0.25) is 0 Å². The zero-order valence-corrected chi connectivity index (χ0v) is 11.5. The Morgan fingerprint density at radius 3 is 2.41 bits per heavy atom. The van der Waals surface area contributed by atoms with Gasteiger partial charge in [0.15, 0.2) is 0 Å². The van der Waals surface area contributed by atoms with Crippen LogP contribution in [0.4, 0.5) is 0 Å². The average Bonchev–Trinajstić information content (AvgIpc) is 2.27. The first-order valence-electron chi connectivity index (χ1n) is 6.52. The van der Waals surface area contributed by atoms with E-state index < -0.39 is 11.5 Å². The number of hydrogen-bond acceptors (Lipinski definition) is 3. The molecule has 1 aliphatic rings. The molecular weight excluding hydrogens is 216 g/mol. The quantitative estimate of drug-likeness (QED) is 0.768. The first-order chi connectivity index (χ1) is 7.87. The number of carboxylic acids is 1. The van der Waals surface area contributed by atoms with Crippen molar-refractivity contribution in [1.29, 1.82) is 0 Å². The van der Waals surface area contributed by atoms with Crippen molar-refractivity contribution >= 4 is 5.97 Å². The fraction of sp³-hybridized carbons (Fsp3) is 0.923. The summed E-state index contributed by atoms with van der Waals surface area (Å²) in [6.45, 7) is 5.04. The molecular formula is C13H26N2O2. The maximum atomic E-state index is 11.5. The van der Waals surface area contributed by atoms with Crippen molar-refractivity contribution in [3.63, 3.8) is 0 Å². The van der Waals surface area contributed by atoms with E-state index >= 15 is 0 Å². The molecule has 1 aliphatic carbocycles. The lowest BCUT2D eigenvalue weighted by atomic mass is 9.77. The summed E-state index contributed by atoms with van der Waals surface area (Å²) in [6.07, 6.45) is 3.53. The van der Waals surface area contributed by atoms with Crippen LogP contribution in [0.2, 0.25) is 0 Å². The minimum atomic E-state index is -0.685. The second kappa shape index (κ2) is 5.83. The van der Waals surface area contributed by atoms with Crippen molar-refractivity contribution in [3.05, 3.63) is 0 Å². The Kier molecular flexibility index (Phi) is 4.95. The molecule has 17 heavy (non-hydrogen) atoms. The summed E-state index contributed by atoms with van der Waals surface area (Å²) >= 11 is 0. The monoisotopic (exact) mass is 242 g/mol. The highest BCUT2D eigenvalue weighted by molar-refractivity contribution is 5.78. The summed E-state index contributed by atoms with van der Waals surface area (Å²) < 4.78 is 0. The van der Waals surface area contributed by atoms with Gasteiger partial charge in [0.25, 0.3) is 0 Å². The van der Waals surface area contributed by atoms with Gasteiger partial charge in [-0.2, -0.15) is 0 Å². The topological polar surface area (TPSA) is 52.6 Å². The molecule has 4 heteroatoms. The molecule has 0 aromatic carbocycles. The molecule has 2 N–H and O–H groups in total. The number of rotatable bonds is 5. The Labute approximate surface area is 104 Å². The van der Waals surface area contributed by atoms with Crippen molar-refractivity contribution in [2.24, 2.45) is 5.92 Å². The number of aliphatic carboxylic acids is 1. The fourth-order valence-electron chi connectivity index (χ4n) is 2.25. The van der Waals surface area contributed by atoms with Crippen LogP contribution in [0.1, 0.15) is 39.5 Å². The standard InChI is InChI=1S/C13H26N2O2/c1-10-5-7-13(8-6-10,12(16)17)14-9-11(2)15(3)4/h10-11,14H,5-9H2,1-4H3,(H,16,17). The van der Waals surface area contributed by atoms with Crippen molar-refractivity contribution in [1.82, 2.24) is 10.2 Å². The number of carbonyl (C=O) groups is 1. The predicted molar refractivity (Wildman–Crippen MR) is 69.2 cm³/mol. The van der Waals surface area contributed by atoms with Gasteiger partial charge in [0.1, 0.15) is 5.54 Å². The number of hydrogen-bond donors (Lipinski definition) is 2. The lowest BCUT2D eigenvalue weighted by Gasteiger charge is -2.38. The molecule has 4 nitrogen and oxygen atoms in total. The van der Waals surface area contributed by atoms with Crippen molar-refractivity contribution in [2.45, 2.75) is 51.1 Å². The maximum Gasteiger partial charge on any atom is 0.323 e. The Bertz CT molecular complexity index is 258. The van der Waals surface area contributed by atoms with Crippen LogP contribution in [-0.4, -0.2) is 48.2 Å². The van der Waals surface area contributed by atoms with Gasteiger partial charge in [-0.05, 0) is 52.6 Å². The summed E-state index contributed by atoms with van der Waals surface area (Å²) in [6, 6.07) is 0.352. The molecule has 0 amide bonds. The van der Waals surface area contributed by atoms with Crippen LogP contribution in [0.5, 0.6) is 0 Å². The summed E-state index contributed by atoms with van der Waals surface area (Å²) in [4.78, 5) is 13.6. The molecule has 0 bridgehead atoms. The first kappa shape index (κ1) is 14.5. The summed E-state index contributed by atoms with van der Waals surface area (Å²) in [5.41, 5.74) is -0.684. The van der Waals surface area contributed by atoms with Gasteiger partial charge in [-0.3, -0.25) is 4.79 Å². The van der Waals surface area contributed by atoms with Crippen molar-refractivity contribution in [3.8, 4) is 0 Å². The van der Waals surface area contributed by atoms with E-state index in [0.29, 0.717) is 12.0 Å². The van der Waals surface area contributed by atoms with E-state index in [1.165, 1.54) is 0 Å². The molecule has 100 valence electrons. The van der Waals surface area contributed by atoms with E-state index in [0.717, 1.165) is 32.2 Å². The molecule has 0 heterocycles. The van der Waals surface area contributed by atoms with Crippen molar-refractivity contribution in [2.75, 3.05) is 20.6 Å².